The van der Waals surface area contributed by atoms with Crippen LogP contribution in [0.25, 0.3) is 0 Å². The van der Waals surface area contributed by atoms with Crippen LogP contribution < -0.4 is 5.32 Å². The van der Waals surface area contributed by atoms with Crippen molar-refractivity contribution in [1.29, 1.82) is 0 Å². The lowest BCUT2D eigenvalue weighted by molar-refractivity contribution is 0.0706. The fourth-order valence-corrected chi connectivity index (χ4v) is 3.96. The summed E-state index contributed by atoms with van der Waals surface area (Å²) in [7, 11) is 1.76. The molecular weight excluding hydrogens is 362 g/mol. The molecule has 2 aromatic rings. The number of piperidine rings is 1. The maximum atomic E-state index is 12.3. The molecule has 134 valence electrons. The summed E-state index contributed by atoms with van der Waals surface area (Å²) in [6.45, 7) is 1.78. The Morgan fingerprint density at radius 1 is 1.36 bits per heavy atom. The number of carbonyl (C=O) groups excluding carboxylic acids is 2. The third-order valence-corrected chi connectivity index (χ3v) is 5.46. The molecule has 3 rings (SSSR count). The van der Waals surface area contributed by atoms with E-state index >= 15 is 0 Å². The first-order chi connectivity index (χ1) is 12.0. The molecule has 3 amide bonds. The highest BCUT2D eigenvalue weighted by molar-refractivity contribution is 7.16. The van der Waals surface area contributed by atoms with E-state index in [2.05, 4.69) is 5.32 Å². The Hall–Kier alpha value is -1.99. The Kier molecular flexibility index (Phi) is 5.65. The average molecular weight is 382 g/mol. The maximum Gasteiger partial charge on any atom is 0.317 e. The molecule has 0 spiro atoms. The van der Waals surface area contributed by atoms with Crippen molar-refractivity contribution in [2.75, 3.05) is 20.1 Å². The molecule has 0 aromatic carbocycles. The first kappa shape index (κ1) is 17.8. The number of thiophene rings is 1. The molecule has 0 bridgehead atoms. The van der Waals surface area contributed by atoms with E-state index in [1.54, 1.807) is 22.9 Å². The summed E-state index contributed by atoms with van der Waals surface area (Å²) in [6.07, 6.45) is 4.45. The van der Waals surface area contributed by atoms with Gasteiger partial charge in [-0.3, -0.25) is 4.79 Å². The molecule has 1 saturated heterocycles. The molecule has 0 atom stereocenters. The van der Waals surface area contributed by atoms with E-state index in [1.807, 2.05) is 12.1 Å². The van der Waals surface area contributed by atoms with Gasteiger partial charge in [-0.25, -0.2) is 4.79 Å². The second kappa shape index (κ2) is 7.93. The van der Waals surface area contributed by atoms with Gasteiger partial charge in [0.2, 0.25) is 0 Å². The Balaban J connectivity index is 1.45. The lowest BCUT2D eigenvalue weighted by Gasteiger charge is -2.33. The fraction of sp³-hybridized carbons (Fsp3) is 0.412. The molecule has 8 heteroatoms. The van der Waals surface area contributed by atoms with Crippen molar-refractivity contribution in [2.24, 2.45) is 0 Å². The first-order valence-electron chi connectivity index (χ1n) is 8.10. The number of hydrogen-bond donors (Lipinski definition) is 1. The van der Waals surface area contributed by atoms with Crippen molar-refractivity contribution in [3.8, 4) is 0 Å². The smallest absolute Gasteiger partial charge is 0.317 e. The Bertz CT molecular complexity index is 723. The SMILES string of the molecule is CN(Cc1ccc(Cl)s1)C(=O)NC1CCN(C(=O)c2ccoc2)CC1. The van der Waals surface area contributed by atoms with Gasteiger partial charge in [-0.2, -0.15) is 0 Å². The van der Waals surface area contributed by atoms with Crippen LogP contribution in [0, 0.1) is 0 Å². The summed E-state index contributed by atoms with van der Waals surface area (Å²) in [5.41, 5.74) is 0.567. The van der Waals surface area contributed by atoms with Gasteiger partial charge in [0.15, 0.2) is 0 Å². The quantitative estimate of drug-likeness (QED) is 0.882. The van der Waals surface area contributed by atoms with E-state index in [1.165, 1.54) is 23.9 Å². The minimum atomic E-state index is -0.107. The largest absolute Gasteiger partial charge is 0.472 e. The van der Waals surface area contributed by atoms with Gasteiger partial charge in [-0.05, 0) is 31.0 Å². The van der Waals surface area contributed by atoms with Crippen LogP contribution in [0.2, 0.25) is 4.34 Å². The number of hydrogen-bond acceptors (Lipinski definition) is 4. The molecule has 1 fully saturated rings. The van der Waals surface area contributed by atoms with Crippen molar-refractivity contribution in [3.05, 3.63) is 45.5 Å². The zero-order valence-corrected chi connectivity index (χ0v) is 15.5. The summed E-state index contributed by atoms with van der Waals surface area (Å²) in [6, 6.07) is 5.40. The molecule has 1 aliphatic rings. The molecule has 3 heterocycles. The summed E-state index contributed by atoms with van der Waals surface area (Å²) in [5.74, 6) is -0.0229. The van der Waals surface area contributed by atoms with E-state index in [9.17, 15) is 9.59 Å². The number of nitrogens with zero attached hydrogens (tertiary/aromatic N) is 2. The van der Waals surface area contributed by atoms with Crippen molar-refractivity contribution >= 4 is 34.9 Å². The van der Waals surface area contributed by atoms with Gasteiger partial charge in [-0.15, -0.1) is 11.3 Å². The van der Waals surface area contributed by atoms with Crippen LogP contribution in [0.4, 0.5) is 4.79 Å². The molecule has 2 aromatic heterocycles. The number of urea groups is 1. The van der Waals surface area contributed by atoms with E-state index in [0.29, 0.717) is 25.2 Å². The molecule has 0 unspecified atom stereocenters. The molecule has 1 N–H and O–H groups in total. The lowest BCUT2D eigenvalue weighted by atomic mass is 10.0. The van der Waals surface area contributed by atoms with Crippen molar-refractivity contribution in [2.45, 2.75) is 25.4 Å². The van der Waals surface area contributed by atoms with E-state index in [-0.39, 0.29) is 18.0 Å². The third kappa shape index (κ3) is 4.55. The highest BCUT2D eigenvalue weighted by atomic mass is 35.5. The zero-order chi connectivity index (χ0) is 17.8. The predicted molar refractivity (Wildman–Crippen MR) is 97.0 cm³/mol. The Labute approximate surface area is 155 Å². The summed E-state index contributed by atoms with van der Waals surface area (Å²) < 4.78 is 5.68. The minimum absolute atomic E-state index is 0.0229. The van der Waals surface area contributed by atoms with Crippen molar-refractivity contribution < 1.29 is 14.0 Å². The van der Waals surface area contributed by atoms with Gasteiger partial charge < -0.3 is 19.5 Å². The standard InChI is InChI=1S/C17H20ClN3O3S/c1-20(10-14-2-3-15(18)25-14)17(23)19-13-4-7-21(8-5-13)16(22)12-6-9-24-11-12/h2-3,6,9,11,13H,4-5,7-8,10H2,1H3,(H,19,23). The maximum absolute atomic E-state index is 12.3. The molecule has 0 aliphatic carbocycles. The van der Waals surface area contributed by atoms with Gasteiger partial charge in [0.05, 0.1) is 22.7 Å². The molecule has 1 aliphatic heterocycles. The van der Waals surface area contributed by atoms with Gasteiger partial charge in [-0.1, -0.05) is 11.6 Å². The predicted octanol–water partition coefficient (Wildman–Crippen LogP) is 3.44. The highest BCUT2D eigenvalue weighted by Crippen LogP contribution is 2.22. The van der Waals surface area contributed by atoms with Gasteiger partial charge in [0.25, 0.3) is 5.91 Å². The van der Waals surface area contributed by atoms with Gasteiger partial charge in [0, 0.05) is 31.1 Å². The molecule has 6 nitrogen and oxygen atoms in total. The third-order valence-electron chi connectivity index (χ3n) is 4.25. The molecule has 0 saturated carbocycles. The van der Waals surface area contributed by atoms with Crippen molar-refractivity contribution in [3.63, 3.8) is 0 Å². The van der Waals surface area contributed by atoms with Crippen LogP contribution in [0.1, 0.15) is 28.1 Å². The van der Waals surface area contributed by atoms with Gasteiger partial charge in [0.1, 0.15) is 6.26 Å². The number of amides is 3. The normalized spacial score (nSPS) is 15.2. The number of carbonyl (C=O) groups is 2. The number of furan rings is 1. The molecule has 25 heavy (non-hydrogen) atoms. The average Bonchev–Trinajstić information content (AvgIpc) is 3.27. The minimum Gasteiger partial charge on any atom is -0.472 e. The number of halogens is 1. The summed E-state index contributed by atoms with van der Waals surface area (Å²) in [5, 5.41) is 3.04. The number of rotatable bonds is 4. The zero-order valence-electron chi connectivity index (χ0n) is 13.9. The van der Waals surface area contributed by atoms with E-state index in [0.717, 1.165) is 22.1 Å². The van der Waals surface area contributed by atoms with Gasteiger partial charge >= 0.3 is 6.03 Å². The van der Waals surface area contributed by atoms with Crippen LogP contribution in [0.15, 0.2) is 35.1 Å². The van der Waals surface area contributed by atoms with Crippen molar-refractivity contribution in [1.82, 2.24) is 15.1 Å². The highest BCUT2D eigenvalue weighted by Gasteiger charge is 2.25. The number of likely N-dealkylation sites (tertiary alicyclic amines) is 1. The van der Waals surface area contributed by atoms with E-state index < -0.39 is 0 Å². The second-order valence-electron chi connectivity index (χ2n) is 6.09. The first-order valence-corrected chi connectivity index (χ1v) is 9.29. The van der Waals surface area contributed by atoms with Crippen LogP contribution >= 0.6 is 22.9 Å². The molecular formula is C17H20ClN3O3S. The van der Waals surface area contributed by atoms with Crippen LogP contribution in [0.3, 0.4) is 0 Å². The Morgan fingerprint density at radius 3 is 2.72 bits per heavy atom. The molecule has 0 radical (unpaired) electrons. The van der Waals surface area contributed by atoms with Crippen LogP contribution in [0.5, 0.6) is 0 Å². The second-order valence-corrected chi connectivity index (χ2v) is 7.89. The number of nitrogens with one attached hydrogen (secondary N) is 1. The van der Waals surface area contributed by atoms with Crippen LogP contribution in [-0.4, -0.2) is 47.9 Å². The summed E-state index contributed by atoms with van der Waals surface area (Å²) >= 11 is 7.39. The van der Waals surface area contributed by atoms with E-state index in [4.69, 9.17) is 16.0 Å². The monoisotopic (exact) mass is 381 g/mol. The summed E-state index contributed by atoms with van der Waals surface area (Å²) in [4.78, 5) is 29.1. The topological polar surface area (TPSA) is 65.8 Å². The fourth-order valence-electron chi connectivity index (χ4n) is 2.82. The Morgan fingerprint density at radius 2 is 2.12 bits per heavy atom. The lowest BCUT2D eigenvalue weighted by Crippen LogP contribution is -2.49. The van der Waals surface area contributed by atoms with Crippen LogP contribution in [-0.2, 0) is 6.54 Å².